The van der Waals surface area contributed by atoms with E-state index in [9.17, 15) is 4.39 Å². The monoisotopic (exact) mass is 460 g/mol. The predicted octanol–water partition coefficient (Wildman–Crippen LogP) is 6.16. The van der Waals surface area contributed by atoms with E-state index in [2.05, 4.69) is 41.1 Å². The van der Waals surface area contributed by atoms with Gasteiger partial charge in [-0.05, 0) is 73.7 Å². The number of aromatic nitrogens is 2. The van der Waals surface area contributed by atoms with E-state index in [1.165, 1.54) is 17.7 Å². The van der Waals surface area contributed by atoms with Crippen LogP contribution in [0.5, 0.6) is 5.75 Å². The highest BCUT2D eigenvalue weighted by atomic mass is 19.1. The number of benzene rings is 2. The Hall–Kier alpha value is -3.41. The smallest absolute Gasteiger partial charge is 0.143 e. The zero-order valence-electron chi connectivity index (χ0n) is 20.7. The Balaban J connectivity index is 0.00000133. The number of fused-ring (bicyclic) bond motifs is 1. The number of halogens is 1. The first kappa shape index (κ1) is 23.7. The van der Waals surface area contributed by atoms with Gasteiger partial charge in [-0.3, -0.25) is 4.99 Å². The van der Waals surface area contributed by atoms with E-state index in [0.29, 0.717) is 6.54 Å². The maximum Gasteiger partial charge on any atom is 0.143 e. The zero-order chi connectivity index (χ0) is 24.3. The maximum absolute atomic E-state index is 13.5. The molecule has 3 heterocycles. The van der Waals surface area contributed by atoms with Crippen molar-refractivity contribution in [3.8, 4) is 11.4 Å². The van der Waals surface area contributed by atoms with Crippen molar-refractivity contribution in [3.63, 3.8) is 0 Å². The van der Waals surface area contributed by atoms with Gasteiger partial charge in [-0.25, -0.2) is 9.37 Å². The van der Waals surface area contributed by atoms with Crippen molar-refractivity contribution in [2.45, 2.75) is 46.1 Å². The van der Waals surface area contributed by atoms with Gasteiger partial charge in [-0.2, -0.15) is 0 Å². The Morgan fingerprint density at radius 1 is 1.12 bits per heavy atom. The number of ether oxygens (including phenoxy) is 1. The summed E-state index contributed by atoms with van der Waals surface area (Å²) < 4.78 is 21.1. The van der Waals surface area contributed by atoms with Gasteiger partial charge in [0, 0.05) is 12.7 Å². The Kier molecular flexibility index (Phi) is 6.87. The Bertz CT molecular complexity index is 1210. The van der Waals surface area contributed by atoms with Gasteiger partial charge in [0.1, 0.15) is 17.4 Å². The van der Waals surface area contributed by atoms with Gasteiger partial charge in [0.15, 0.2) is 0 Å². The lowest BCUT2D eigenvalue weighted by atomic mass is 9.88. The van der Waals surface area contributed by atoms with Gasteiger partial charge in [-0.1, -0.05) is 32.0 Å². The Labute approximate surface area is 201 Å². The number of aliphatic imine (C=N–C) groups is 1. The van der Waals surface area contributed by atoms with Gasteiger partial charge in [0.05, 0.1) is 36.9 Å². The van der Waals surface area contributed by atoms with Crippen LogP contribution in [0.2, 0.25) is 0 Å². The average Bonchev–Trinajstić information content (AvgIpc) is 3.45. The molecule has 5 rings (SSSR count). The number of hydrogen-bond donors (Lipinski definition) is 0. The van der Waals surface area contributed by atoms with E-state index in [1.54, 1.807) is 13.4 Å². The predicted molar refractivity (Wildman–Crippen MR) is 136 cm³/mol. The molecule has 34 heavy (non-hydrogen) atoms. The first-order valence-electron chi connectivity index (χ1n) is 12.0. The molecule has 0 radical (unpaired) electrons. The molecule has 0 saturated carbocycles. The van der Waals surface area contributed by atoms with Crippen LogP contribution in [0.4, 0.5) is 4.39 Å². The zero-order valence-corrected chi connectivity index (χ0v) is 20.7. The van der Waals surface area contributed by atoms with Crippen molar-refractivity contribution in [2.24, 2.45) is 4.99 Å². The lowest BCUT2D eigenvalue weighted by Crippen LogP contribution is -2.47. The number of hydrogen-bond acceptors (Lipinski definition) is 4. The summed E-state index contributed by atoms with van der Waals surface area (Å²) in [6.45, 7) is 9.79. The molecule has 0 amide bonds. The first-order chi connectivity index (χ1) is 16.5. The quantitative estimate of drug-likeness (QED) is 0.468. The molecular weight excluding hydrogens is 427 g/mol. The van der Waals surface area contributed by atoms with Crippen molar-refractivity contribution in [1.29, 1.82) is 0 Å². The molecule has 1 fully saturated rings. The first-order valence-corrected chi connectivity index (χ1v) is 12.0. The molecule has 1 aromatic heterocycles. The minimum Gasteiger partial charge on any atom is -0.495 e. The Morgan fingerprint density at radius 3 is 2.56 bits per heavy atom. The summed E-state index contributed by atoms with van der Waals surface area (Å²) in [6, 6.07) is 13.1. The van der Waals surface area contributed by atoms with Gasteiger partial charge < -0.3 is 14.2 Å². The summed E-state index contributed by atoms with van der Waals surface area (Å²) in [5, 5.41) is 0. The summed E-state index contributed by atoms with van der Waals surface area (Å²) in [5.74, 6) is 1.64. The van der Waals surface area contributed by atoms with Crippen LogP contribution in [0, 0.1) is 12.7 Å². The molecule has 5 nitrogen and oxygen atoms in total. The van der Waals surface area contributed by atoms with Crippen LogP contribution in [0.15, 0.2) is 65.6 Å². The fourth-order valence-corrected chi connectivity index (χ4v) is 4.74. The van der Waals surface area contributed by atoms with E-state index in [4.69, 9.17) is 9.73 Å². The number of piperidine rings is 1. The topological polar surface area (TPSA) is 42.6 Å². The molecule has 3 aromatic rings. The number of imidazole rings is 1. The number of rotatable bonds is 4. The molecule has 2 aromatic carbocycles. The Morgan fingerprint density at radius 2 is 1.88 bits per heavy atom. The number of amidine groups is 1. The maximum atomic E-state index is 13.5. The van der Waals surface area contributed by atoms with Gasteiger partial charge in [0.2, 0.25) is 0 Å². The molecule has 0 aliphatic carbocycles. The van der Waals surface area contributed by atoms with E-state index < -0.39 is 0 Å². The van der Waals surface area contributed by atoms with E-state index >= 15 is 0 Å². The third-order valence-corrected chi connectivity index (χ3v) is 6.50. The second-order valence-electron chi connectivity index (χ2n) is 8.70. The third-order valence-electron chi connectivity index (χ3n) is 6.50. The summed E-state index contributed by atoms with van der Waals surface area (Å²) >= 11 is 0. The van der Waals surface area contributed by atoms with Crippen LogP contribution in [-0.2, 0) is 5.54 Å². The lowest BCUT2D eigenvalue weighted by Gasteiger charge is -2.40. The number of nitrogens with zero attached hydrogens (tertiary/aromatic N) is 4. The normalized spacial score (nSPS) is 20.5. The van der Waals surface area contributed by atoms with Crippen molar-refractivity contribution in [1.82, 2.24) is 14.5 Å². The highest BCUT2D eigenvalue weighted by Crippen LogP contribution is 2.39. The molecule has 6 heteroatoms. The molecule has 1 saturated heterocycles. The van der Waals surface area contributed by atoms with Crippen molar-refractivity contribution < 1.29 is 9.13 Å². The van der Waals surface area contributed by atoms with Crippen LogP contribution in [-0.4, -0.2) is 40.5 Å². The van der Waals surface area contributed by atoms with Crippen LogP contribution in [0.25, 0.3) is 11.8 Å². The summed E-state index contributed by atoms with van der Waals surface area (Å²) in [6.07, 6.45) is 8.05. The molecular formula is C28H33FN4O. The van der Waals surface area contributed by atoms with Crippen molar-refractivity contribution >= 4 is 11.9 Å². The summed E-state index contributed by atoms with van der Waals surface area (Å²) in [7, 11) is 1.69. The summed E-state index contributed by atoms with van der Waals surface area (Å²) in [4.78, 5) is 11.6. The lowest BCUT2D eigenvalue weighted by molar-refractivity contribution is 0.217. The van der Waals surface area contributed by atoms with E-state index in [1.807, 2.05) is 43.7 Å². The second kappa shape index (κ2) is 9.84. The average molecular weight is 461 g/mol. The fraction of sp³-hybridized carbons (Fsp3) is 0.357. The SMILES string of the molecule is CC.COc1cc(/C=C2\CCCN3C2=NCC3(C)c2ccc(F)cc2)ccc1-n1cnc(C)c1. The van der Waals surface area contributed by atoms with Gasteiger partial charge in [0.25, 0.3) is 0 Å². The summed E-state index contributed by atoms with van der Waals surface area (Å²) in [5.41, 5.74) is 5.09. The second-order valence-corrected chi connectivity index (χ2v) is 8.70. The van der Waals surface area contributed by atoms with Crippen molar-refractivity contribution in [2.75, 3.05) is 20.2 Å². The van der Waals surface area contributed by atoms with E-state index in [-0.39, 0.29) is 11.4 Å². The highest BCUT2D eigenvalue weighted by molar-refractivity contribution is 6.04. The van der Waals surface area contributed by atoms with Gasteiger partial charge >= 0.3 is 0 Å². The molecule has 2 aliphatic rings. The standard InChI is InChI=1S/C26H27FN4O.C2H6/c1-18-15-30(17-29-18)23-11-6-19(14-24(23)32-3)13-20-5-4-12-31-25(20)28-16-26(31,2)21-7-9-22(27)10-8-21;1-2/h6-11,13-15,17H,4-5,12,16H2,1-3H3;1-2H3/b20-13+;. The fourth-order valence-electron chi connectivity index (χ4n) is 4.74. The molecule has 1 unspecified atom stereocenters. The van der Waals surface area contributed by atoms with E-state index in [0.717, 1.165) is 53.5 Å². The van der Waals surface area contributed by atoms with Crippen molar-refractivity contribution in [3.05, 3.63) is 83.2 Å². The van der Waals surface area contributed by atoms with Crippen LogP contribution >= 0.6 is 0 Å². The molecule has 2 aliphatic heterocycles. The largest absolute Gasteiger partial charge is 0.495 e. The molecule has 1 atom stereocenters. The minimum atomic E-state index is -0.247. The minimum absolute atomic E-state index is 0.209. The van der Waals surface area contributed by atoms with Gasteiger partial charge in [-0.15, -0.1) is 0 Å². The van der Waals surface area contributed by atoms with Crippen LogP contribution in [0.1, 0.15) is 50.4 Å². The number of methoxy groups -OCH3 is 1. The highest BCUT2D eigenvalue weighted by Gasteiger charge is 2.42. The van der Waals surface area contributed by atoms with Crippen LogP contribution < -0.4 is 4.74 Å². The number of aryl methyl sites for hydroxylation is 1. The molecule has 0 spiro atoms. The molecule has 178 valence electrons. The third kappa shape index (κ3) is 4.37. The molecule has 0 bridgehead atoms. The molecule has 0 N–H and O–H groups in total. The van der Waals surface area contributed by atoms with Crippen LogP contribution in [0.3, 0.4) is 0 Å².